The average Bonchev–Trinajstić information content (AvgIpc) is 3.38. The number of thiocarbonyl (C=S) groups is 1. The van der Waals surface area contributed by atoms with E-state index in [0.717, 1.165) is 16.0 Å². The quantitative estimate of drug-likeness (QED) is 0.186. The van der Waals surface area contributed by atoms with Crippen LogP contribution in [0.4, 0.5) is 15.2 Å². The Morgan fingerprint density at radius 2 is 1.89 bits per heavy atom. The molecule has 2 N–H and O–H groups in total. The third kappa shape index (κ3) is 6.74. The zero-order valence-electron chi connectivity index (χ0n) is 18.8. The summed E-state index contributed by atoms with van der Waals surface area (Å²) in [5, 5.41) is 11.6. The van der Waals surface area contributed by atoms with Crippen LogP contribution in [0, 0.1) is 5.82 Å². The molecule has 0 radical (unpaired) electrons. The summed E-state index contributed by atoms with van der Waals surface area (Å²) in [6.45, 7) is 2.53. The summed E-state index contributed by atoms with van der Waals surface area (Å²) in [7, 11) is 0. The molecular formula is C25H22BrFN4O2S2. The summed E-state index contributed by atoms with van der Waals surface area (Å²) in [5.74, 6) is -0.168. The molecule has 10 heteroatoms. The number of hydrogen-bond acceptors (Lipinski definition) is 5. The Bertz CT molecular complexity index is 1320. The Morgan fingerprint density at radius 3 is 2.60 bits per heavy atom. The van der Waals surface area contributed by atoms with Crippen molar-refractivity contribution in [3.63, 3.8) is 0 Å². The fourth-order valence-corrected chi connectivity index (χ4v) is 5.12. The number of esters is 1. The molecule has 0 bridgehead atoms. The molecule has 0 saturated carbocycles. The maximum absolute atomic E-state index is 13.2. The highest BCUT2D eigenvalue weighted by Crippen LogP contribution is 2.31. The van der Waals surface area contributed by atoms with Crippen LogP contribution < -0.4 is 10.6 Å². The van der Waals surface area contributed by atoms with E-state index in [4.69, 9.17) is 17.0 Å². The second kappa shape index (κ2) is 11.6. The standard InChI is InChI=1S/C25H22BrFN4O2S2/c1-2-33-24(32)20-13-19(12-16-6-4-3-5-7-16)35-23(20)29-25(34)28-22-21(26)15-31(30-22)14-17-8-10-18(27)11-9-17/h3-11,13,15H,2,12,14H2,1H3,(H2,28,29,30,34). The molecule has 2 aromatic carbocycles. The molecule has 0 aliphatic heterocycles. The van der Waals surface area contributed by atoms with Gasteiger partial charge in [-0.05, 0) is 64.4 Å². The highest BCUT2D eigenvalue weighted by Gasteiger charge is 2.19. The maximum Gasteiger partial charge on any atom is 0.341 e. The zero-order valence-corrected chi connectivity index (χ0v) is 22.0. The Labute approximate surface area is 220 Å². The minimum atomic E-state index is -0.405. The summed E-state index contributed by atoms with van der Waals surface area (Å²) in [4.78, 5) is 13.6. The van der Waals surface area contributed by atoms with Crippen molar-refractivity contribution < 1.29 is 13.9 Å². The first-order valence-corrected chi connectivity index (χ1v) is 12.8. The van der Waals surface area contributed by atoms with E-state index in [9.17, 15) is 9.18 Å². The maximum atomic E-state index is 13.2. The number of carbonyl (C=O) groups is 1. The average molecular weight is 574 g/mol. The van der Waals surface area contributed by atoms with E-state index in [0.29, 0.717) is 33.8 Å². The van der Waals surface area contributed by atoms with Crippen molar-refractivity contribution in [2.45, 2.75) is 19.9 Å². The lowest BCUT2D eigenvalue weighted by Gasteiger charge is -2.09. The number of thiophene rings is 1. The smallest absolute Gasteiger partial charge is 0.341 e. The predicted molar refractivity (Wildman–Crippen MR) is 145 cm³/mol. The Kier molecular flexibility index (Phi) is 8.27. The van der Waals surface area contributed by atoms with Crippen LogP contribution in [0.3, 0.4) is 0 Å². The number of carbonyl (C=O) groups excluding carboxylic acids is 1. The lowest BCUT2D eigenvalue weighted by atomic mass is 10.1. The van der Waals surface area contributed by atoms with Crippen LogP contribution in [0.1, 0.15) is 33.3 Å². The fraction of sp³-hybridized carbons (Fsp3) is 0.160. The van der Waals surface area contributed by atoms with E-state index in [1.54, 1.807) is 29.9 Å². The summed E-state index contributed by atoms with van der Waals surface area (Å²) in [5.41, 5.74) is 2.50. The van der Waals surface area contributed by atoms with Gasteiger partial charge in [0, 0.05) is 17.5 Å². The van der Waals surface area contributed by atoms with Gasteiger partial charge in [0.25, 0.3) is 0 Å². The molecule has 2 aromatic heterocycles. The number of rotatable bonds is 8. The molecule has 0 fully saturated rings. The molecule has 0 spiro atoms. The molecule has 35 heavy (non-hydrogen) atoms. The SMILES string of the molecule is CCOC(=O)c1cc(Cc2ccccc2)sc1NC(=S)Nc1nn(Cc2ccc(F)cc2)cc1Br. The number of halogens is 2. The van der Waals surface area contributed by atoms with Gasteiger partial charge in [0.15, 0.2) is 10.9 Å². The number of nitrogens with one attached hydrogen (secondary N) is 2. The van der Waals surface area contributed by atoms with E-state index in [2.05, 4.69) is 31.7 Å². The first-order valence-electron chi connectivity index (χ1n) is 10.8. The predicted octanol–water partition coefficient (Wildman–Crippen LogP) is 6.47. The highest BCUT2D eigenvalue weighted by molar-refractivity contribution is 9.10. The molecular weight excluding hydrogens is 551 g/mol. The van der Waals surface area contributed by atoms with Gasteiger partial charge in [0.1, 0.15) is 10.8 Å². The van der Waals surface area contributed by atoms with Gasteiger partial charge in [0.05, 0.1) is 23.2 Å². The summed E-state index contributed by atoms with van der Waals surface area (Å²) in [6, 6.07) is 18.1. The van der Waals surface area contributed by atoms with Crippen molar-refractivity contribution in [2.24, 2.45) is 0 Å². The summed E-state index contributed by atoms with van der Waals surface area (Å²) >= 11 is 10.4. The number of hydrogen-bond donors (Lipinski definition) is 2. The second-order valence-electron chi connectivity index (χ2n) is 7.57. The van der Waals surface area contributed by atoms with Crippen LogP contribution in [0.2, 0.25) is 0 Å². The van der Waals surface area contributed by atoms with Crippen LogP contribution in [0.5, 0.6) is 0 Å². The first kappa shape index (κ1) is 25.0. The Balaban J connectivity index is 1.47. The van der Waals surface area contributed by atoms with E-state index in [1.165, 1.54) is 23.5 Å². The van der Waals surface area contributed by atoms with Crippen molar-refractivity contribution in [3.05, 3.63) is 98.7 Å². The van der Waals surface area contributed by atoms with E-state index in [1.807, 2.05) is 36.4 Å². The van der Waals surface area contributed by atoms with Crippen molar-refractivity contribution in [3.8, 4) is 0 Å². The molecule has 2 heterocycles. The Morgan fingerprint density at radius 1 is 1.14 bits per heavy atom. The van der Waals surface area contributed by atoms with Gasteiger partial charge in [-0.2, -0.15) is 5.10 Å². The number of aromatic nitrogens is 2. The minimum Gasteiger partial charge on any atom is -0.462 e. The lowest BCUT2D eigenvalue weighted by Crippen LogP contribution is -2.20. The number of ether oxygens (including phenoxy) is 1. The first-order chi connectivity index (χ1) is 16.9. The normalized spacial score (nSPS) is 10.7. The zero-order chi connectivity index (χ0) is 24.8. The largest absolute Gasteiger partial charge is 0.462 e. The molecule has 4 rings (SSSR count). The second-order valence-corrected chi connectivity index (χ2v) is 9.97. The number of benzene rings is 2. The third-order valence-corrected chi connectivity index (χ3v) is 6.77. The lowest BCUT2D eigenvalue weighted by molar-refractivity contribution is 0.0528. The van der Waals surface area contributed by atoms with Crippen molar-refractivity contribution in [2.75, 3.05) is 17.2 Å². The number of anilines is 2. The topological polar surface area (TPSA) is 68.2 Å². The fourth-order valence-electron chi connectivity index (χ4n) is 3.36. The van der Waals surface area contributed by atoms with Gasteiger partial charge in [-0.25, -0.2) is 9.18 Å². The number of nitrogens with zero attached hydrogens (tertiary/aromatic N) is 2. The molecule has 0 aliphatic rings. The van der Waals surface area contributed by atoms with Gasteiger partial charge in [0.2, 0.25) is 0 Å². The molecule has 0 atom stereocenters. The van der Waals surface area contributed by atoms with Crippen LogP contribution >= 0.6 is 39.5 Å². The van der Waals surface area contributed by atoms with Crippen molar-refractivity contribution in [1.82, 2.24) is 9.78 Å². The summed E-state index contributed by atoms with van der Waals surface area (Å²) < 4.78 is 20.8. The van der Waals surface area contributed by atoms with Crippen LogP contribution in [0.25, 0.3) is 0 Å². The third-order valence-electron chi connectivity index (χ3n) is 4.93. The van der Waals surface area contributed by atoms with Crippen LogP contribution in [-0.2, 0) is 17.7 Å². The van der Waals surface area contributed by atoms with Crippen LogP contribution in [0.15, 0.2) is 71.3 Å². The minimum absolute atomic E-state index is 0.281. The van der Waals surface area contributed by atoms with Crippen molar-refractivity contribution >= 4 is 61.4 Å². The van der Waals surface area contributed by atoms with Crippen molar-refractivity contribution in [1.29, 1.82) is 0 Å². The molecule has 0 saturated heterocycles. The van der Waals surface area contributed by atoms with Gasteiger partial charge in [-0.1, -0.05) is 42.5 Å². The van der Waals surface area contributed by atoms with Crippen LogP contribution in [-0.4, -0.2) is 27.5 Å². The molecule has 0 aliphatic carbocycles. The summed E-state index contributed by atoms with van der Waals surface area (Å²) in [6.07, 6.45) is 2.50. The monoisotopic (exact) mass is 572 g/mol. The van der Waals surface area contributed by atoms with Gasteiger partial charge in [-0.15, -0.1) is 11.3 Å². The van der Waals surface area contributed by atoms with E-state index >= 15 is 0 Å². The van der Waals surface area contributed by atoms with Gasteiger partial charge in [-0.3, -0.25) is 4.68 Å². The highest BCUT2D eigenvalue weighted by atomic mass is 79.9. The molecule has 4 aromatic rings. The molecule has 0 unspecified atom stereocenters. The molecule has 0 amide bonds. The van der Waals surface area contributed by atoms with Gasteiger partial charge < -0.3 is 15.4 Å². The van der Waals surface area contributed by atoms with Gasteiger partial charge >= 0.3 is 5.97 Å². The van der Waals surface area contributed by atoms with E-state index < -0.39 is 5.97 Å². The Hall–Kier alpha value is -3.08. The molecule has 180 valence electrons. The van der Waals surface area contributed by atoms with E-state index in [-0.39, 0.29) is 17.5 Å². The molecule has 6 nitrogen and oxygen atoms in total.